The molecule has 2 rings (SSSR count). The summed E-state index contributed by atoms with van der Waals surface area (Å²) in [6.45, 7) is 1.21. The standard InChI is InChI=1S/C9H13BrN2O2S2/c1-16(13,14)12-4-2-3-7(6-12)9-11-5-8(10)15-9/h5,7H,2-4,6H2,1H3/t7-/m1/s1. The third kappa shape index (κ3) is 2.82. The summed E-state index contributed by atoms with van der Waals surface area (Å²) in [5.74, 6) is 0.250. The molecule has 0 spiro atoms. The van der Waals surface area contributed by atoms with E-state index in [1.807, 2.05) is 0 Å². The minimum Gasteiger partial charge on any atom is -0.248 e. The zero-order valence-electron chi connectivity index (χ0n) is 8.89. The molecule has 1 aliphatic heterocycles. The van der Waals surface area contributed by atoms with Crippen molar-refractivity contribution >= 4 is 37.3 Å². The first-order valence-corrected chi connectivity index (χ1v) is 8.49. The lowest BCUT2D eigenvalue weighted by atomic mass is 10.0. The summed E-state index contributed by atoms with van der Waals surface area (Å²) in [4.78, 5) is 4.31. The number of thiazole rings is 1. The molecule has 0 radical (unpaired) electrons. The van der Waals surface area contributed by atoms with Gasteiger partial charge < -0.3 is 0 Å². The summed E-state index contributed by atoms with van der Waals surface area (Å²) in [5, 5.41) is 1.03. The van der Waals surface area contributed by atoms with Crippen molar-refractivity contribution in [3.05, 3.63) is 15.0 Å². The molecule has 2 heterocycles. The van der Waals surface area contributed by atoms with Crippen LogP contribution in [0.15, 0.2) is 9.98 Å². The van der Waals surface area contributed by atoms with Crippen LogP contribution in [0.5, 0.6) is 0 Å². The molecule has 1 saturated heterocycles. The lowest BCUT2D eigenvalue weighted by molar-refractivity contribution is 0.317. The quantitative estimate of drug-likeness (QED) is 0.836. The van der Waals surface area contributed by atoms with E-state index in [1.165, 1.54) is 6.26 Å². The van der Waals surface area contributed by atoms with Gasteiger partial charge in [0.05, 0.1) is 21.2 Å². The normalized spacial score (nSPS) is 23.5. The molecule has 0 amide bonds. The molecule has 0 bridgehead atoms. The first-order valence-electron chi connectivity index (χ1n) is 5.03. The van der Waals surface area contributed by atoms with E-state index >= 15 is 0 Å². The molecule has 1 atom stereocenters. The SMILES string of the molecule is CS(=O)(=O)N1CCC[C@@H](c2ncc(Br)s2)C1. The number of sulfonamides is 1. The summed E-state index contributed by atoms with van der Waals surface area (Å²) in [5.41, 5.74) is 0. The van der Waals surface area contributed by atoms with Crippen molar-refractivity contribution < 1.29 is 8.42 Å². The minimum atomic E-state index is -3.06. The zero-order valence-corrected chi connectivity index (χ0v) is 12.1. The molecule has 1 fully saturated rings. The Labute approximate surface area is 108 Å². The molecule has 90 valence electrons. The van der Waals surface area contributed by atoms with E-state index in [1.54, 1.807) is 21.8 Å². The molecule has 7 heteroatoms. The highest BCUT2D eigenvalue weighted by Crippen LogP contribution is 2.32. The number of halogens is 1. The van der Waals surface area contributed by atoms with Crippen LogP contribution < -0.4 is 0 Å². The van der Waals surface area contributed by atoms with E-state index < -0.39 is 10.0 Å². The molecule has 0 N–H and O–H groups in total. The second kappa shape index (κ2) is 4.72. The molecule has 0 aromatic carbocycles. The van der Waals surface area contributed by atoms with Gasteiger partial charge in [-0.25, -0.2) is 17.7 Å². The minimum absolute atomic E-state index is 0.250. The van der Waals surface area contributed by atoms with Crippen molar-refractivity contribution in [3.63, 3.8) is 0 Å². The Hall–Kier alpha value is 0.0200. The van der Waals surface area contributed by atoms with Crippen LogP contribution in [0.3, 0.4) is 0 Å². The van der Waals surface area contributed by atoms with Crippen molar-refractivity contribution in [1.29, 1.82) is 0 Å². The van der Waals surface area contributed by atoms with Gasteiger partial charge in [-0.15, -0.1) is 11.3 Å². The van der Waals surface area contributed by atoms with Crippen molar-refractivity contribution in [2.45, 2.75) is 18.8 Å². The fraction of sp³-hybridized carbons (Fsp3) is 0.667. The van der Waals surface area contributed by atoms with Gasteiger partial charge in [0.1, 0.15) is 0 Å². The van der Waals surface area contributed by atoms with Crippen molar-refractivity contribution in [3.8, 4) is 0 Å². The zero-order chi connectivity index (χ0) is 11.8. The second-order valence-corrected chi connectivity index (χ2v) is 8.39. The molecule has 4 nitrogen and oxygen atoms in total. The Bertz CT molecular complexity index is 472. The molecule has 0 aliphatic carbocycles. The highest BCUT2D eigenvalue weighted by Gasteiger charge is 2.28. The van der Waals surface area contributed by atoms with Gasteiger partial charge in [0, 0.05) is 19.0 Å². The topological polar surface area (TPSA) is 50.3 Å². The lowest BCUT2D eigenvalue weighted by Gasteiger charge is -2.29. The number of hydrogen-bond acceptors (Lipinski definition) is 4. The van der Waals surface area contributed by atoms with Gasteiger partial charge in [0.25, 0.3) is 0 Å². The Balaban J connectivity index is 2.13. The van der Waals surface area contributed by atoms with Crippen LogP contribution in [0.2, 0.25) is 0 Å². The Morgan fingerprint density at radius 2 is 2.38 bits per heavy atom. The first kappa shape index (κ1) is 12.5. The molecular formula is C9H13BrN2O2S2. The average molecular weight is 325 g/mol. The molecule has 1 aliphatic rings. The molecule has 1 aromatic heterocycles. The fourth-order valence-electron chi connectivity index (χ4n) is 1.90. The summed E-state index contributed by atoms with van der Waals surface area (Å²) in [6.07, 6.45) is 4.98. The van der Waals surface area contributed by atoms with Crippen LogP contribution in [0, 0.1) is 0 Å². The number of aromatic nitrogens is 1. The van der Waals surface area contributed by atoms with E-state index in [2.05, 4.69) is 20.9 Å². The van der Waals surface area contributed by atoms with E-state index in [9.17, 15) is 8.42 Å². The van der Waals surface area contributed by atoms with Crippen LogP contribution in [0.4, 0.5) is 0 Å². The molecule has 16 heavy (non-hydrogen) atoms. The second-order valence-electron chi connectivity index (χ2n) is 3.96. The fourth-order valence-corrected chi connectivity index (χ4v) is 4.18. The number of nitrogens with zero attached hydrogens (tertiary/aromatic N) is 2. The summed E-state index contributed by atoms with van der Waals surface area (Å²) in [6, 6.07) is 0. The van der Waals surface area contributed by atoms with Gasteiger partial charge in [-0.05, 0) is 28.8 Å². The summed E-state index contributed by atoms with van der Waals surface area (Å²) < 4.78 is 25.5. The predicted molar refractivity (Wildman–Crippen MR) is 68.2 cm³/mol. The summed E-state index contributed by atoms with van der Waals surface area (Å²) >= 11 is 4.97. The van der Waals surface area contributed by atoms with E-state index in [0.717, 1.165) is 21.6 Å². The van der Waals surface area contributed by atoms with Crippen LogP contribution in [0.1, 0.15) is 23.8 Å². The van der Waals surface area contributed by atoms with E-state index in [-0.39, 0.29) is 5.92 Å². The maximum atomic E-state index is 11.5. The smallest absolute Gasteiger partial charge is 0.211 e. The number of piperidine rings is 1. The molecular weight excluding hydrogens is 312 g/mol. The van der Waals surface area contributed by atoms with Crippen molar-refractivity contribution in [2.75, 3.05) is 19.3 Å². The summed E-state index contributed by atoms with van der Waals surface area (Å²) in [7, 11) is -3.06. The molecule has 1 aromatic rings. The van der Waals surface area contributed by atoms with Crippen LogP contribution in [-0.4, -0.2) is 37.1 Å². The first-order chi connectivity index (χ1) is 7.47. The van der Waals surface area contributed by atoms with Crippen molar-refractivity contribution in [2.24, 2.45) is 0 Å². The molecule has 0 unspecified atom stereocenters. The number of rotatable bonds is 2. The Kier molecular flexibility index (Phi) is 3.68. The average Bonchev–Trinajstić information content (AvgIpc) is 2.64. The van der Waals surface area contributed by atoms with Crippen molar-refractivity contribution in [1.82, 2.24) is 9.29 Å². The van der Waals surface area contributed by atoms with Gasteiger partial charge in [0.15, 0.2) is 0 Å². The van der Waals surface area contributed by atoms with Gasteiger partial charge in [-0.2, -0.15) is 0 Å². The highest BCUT2D eigenvalue weighted by molar-refractivity contribution is 9.11. The monoisotopic (exact) mass is 324 g/mol. The van der Waals surface area contributed by atoms with Gasteiger partial charge in [-0.3, -0.25) is 0 Å². The van der Waals surface area contributed by atoms with Gasteiger partial charge >= 0.3 is 0 Å². The Morgan fingerprint density at radius 1 is 1.62 bits per heavy atom. The van der Waals surface area contributed by atoms with Crippen LogP contribution in [-0.2, 0) is 10.0 Å². The lowest BCUT2D eigenvalue weighted by Crippen LogP contribution is -2.38. The predicted octanol–water partition coefficient (Wildman–Crippen LogP) is 2.04. The number of hydrogen-bond donors (Lipinski definition) is 0. The Morgan fingerprint density at radius 3 is 2.94 bits per heavy atom. The molecule has 0 saturated carbocycles. The third-order valence-corrected chi connectivity index (χ3v) is 5.61. The largest absolute Gasteiger partial charge is 0.248 e. The van der Waals surface area contributed by atoms with E-state index in [0.29, 0.717) is 13.1 Å². The van der Waals surface area contributed by atoms with E-state index in [4.69, 9.17) is 0 Å². The van der Waals surface area contributed by atoms with Crippen LogP contribution in [0.25, 0.3) is 0 Å². The van der Waals surface area contributed by atoms with Gasteiger partial charge in [-0.1, -0.05) is 0 Å². The highest BCUT2D eigenvalue weighted by atomic mass is 79.9. The maximum Gasteiger partial charge on any atom is 0.211 e. The maximum absolute atomic E-state index is 11.5. The van der Waals surface area contributed by atoms with Gasteiger partial charge in [0.2, 0.25) is 10.0 Å². The third-order valence-electron chi connectivity index (χ3n) is 2.70. The van der Waals surface area contributed by atoms with Crippen LogP contribution >= 0.6 is 27.3 Å².